The highest BCUT2D eigenvalue weighted by molar-refractivity contribution is 8.00. The first-order chi connectivity index (χ1) is 13.4. The lowest BCUT2D eigenvalue weighted by atomic mass is 10.1. The van der Waals surface area contributed by atoms with Crippen LogP contribution in [-0.4, -0.2) is 26.5 Å². The summed E-state index contributed by atoms with van der Waals surface area (Å²) >= 11 is 1.27. The topological polar surface area (TPSA) is 81.1 Å². The fourth-order valence-corrected chi connectivity index (χ4v) is 3.93. The summed E-state index contributed by atoms with van der Waals surface area (Å²) < 4.78 is 1.59. The van der Waals surface area contributed by atoms with Crippen LogP contribution in [0, 0.1) is 0 Å². The average molecular weight is 395 g/mol. The largest absolute Gasteiger partial charge is 0.326 e. The number of nitrogens with one attached hydrogen (secondary N) is 1. The van der Waals surface area contributed by atoms with Crippen molar-refractivity contribution in [1.82, 2.24) is 9.55 Å². The van der Waals surface area contributed by atoms with Crippen LogP contribution in [0.25, 0.3) is 10.9 Å². The zero-order valence-corrected chi connectivity index (χ0v) is 16.7. The molecule has 0 aliphatic heterocycles. The minimum Gasteiger partial charge on any atom is -0.326 e. The maximum absolute atomic E-state index is 12.8. The van der Waals surface area contributed by atoms with Gasteiger partial charge in [0.05, 0.1) is 16.2 Å². The number of ketones is 1. The van der Waals surface area contributed by atoms with E-state index in [1.165, 1.54) is 18.7 Å². The molecule has 2 aromatic carbocycles. The molecule has 3 rings (SSSR count). The Kier molecular flexibility index (Phi) is 5.94. The molecule has 0 spiro atoms. The highest BCUT2D eigenvalue weighted by Gasteiger charge is 2.20. The van der Waals surface area contributed by atoms with Gasteiger partial charge in [-0.25, -0.2) is 4.98 Å². The third-order valence-corrected chi connectivity index (χ3v) is 5.37. The summed E-state index contributed by atoms with van der Waals surface area (Å²) in [5.74, 6) is -0.229. The second-order valence-electron chi connectivity index (χ2n) is 6.34. The Labute approximate surface area is 167 Å². The summed E-state index contributed by atoms with van der Waals surface area (Å²) in [5, 5.41) is 3.36. The molecule has 6 nitrogen and oxygen atoms in total. The lowest BCUT2D eigenvalue weighted by molar-refractivity contribution is -0.114. The summed E-state index contributed by atoms with van der Waals surface area (Å²) in [6.07, 6.45) is 0. The molecule has 7 heteroatoms. The summed E-state index contributed by atoms with van der Waals surface area (Å²) in [7, 11) is 0. The molecule has 0 radical (unpaired) electrons. The highest BCUT2D eigenvalue weighted by atomic mass is 32.2. The van der Waals surface area contributed by atoms with Crippen molar-refractivity contribution in [2.45, 2.75) is 37.7 Å². The molecule has 1 amide bonds. The number of hydrogen-bond donors (Lipinski definition) is 1. The fraction of sp³-hybridized carbons (Fsp3) is 0.238. The quantitative estimate of drug-likeness (QED) is 0.391. The van der Waals surface area contributed by atoms with Crippen LogP contribution < -0.4 is 10.9 Å². The Morgan fingerprint density at radius 1 is 1.14 bits per heavy atom. The molecule has 0 fully saturated rings. The Morgan fingerprint density at radius 3 is 2.46 bits per heavy atom. The molecule has 0 aliphatic rings. The lowest BCUT2D eigenvalue weighted by Gasteiger charge is -2.15. The van der Waals surface area contributed by atoms with Gasteiger partial charge < -0.3 is 5.32 Å². The molecule has 0 saturated carbocycles. The van der Waals surface area contributed by atoms with Crippen molar-refractivity contribution >= 4 is 40.0 Å². The van der Waals surface area contributed by atoms with Gasteiger partial charge in [0.15, 0.2) is 10.9 Å². The van der Waals surface area contributed by atoms with Gasteiger partial charge >= 0.3 is 0 Å². The number of carbonyl (C=O) groups is 2. The lowest BCUT2D eigenvalue weighted by Crippen LogP contribution is -2.24. The van der Waals surface area contributed by atoms with Crippen LogP contribution in [0.15, 0.2) is 58.5 Å². The number of nitrogens with zero attached hydrogens (tertiary/aromatic N) is 2. The van der Waals surface area contributed by atoms with Crippen molar-refractivity contribution in [3.63, 3.8) is 0 Å². The molecule has 144 valence electrons. The molecule has 1 atom stereocenters. The summed E-state index contributed by atoms with van der Waals surface area (Å²) in [6, 6.07) is 14.0. The van der Waals surface area contributed by atoms with E-state index in [4.69, 9.17) is 0 Å². The molecular formula is C21H21N3O3S. The van der Waals surface area contributed by atoms with Gasteiger partial charge in [-0.1, -0.05) is 23.9 Å². The molecule has 0 bridgehead atoms. The Balaban J connectivity index is 1.86. The molecule has 1 heterocycles. The summed E-state index contributed by atoms with van der Waals surface area (Å²) in [5.41, 5.74) is 1.70. The maximum atomic E-state index is 12.8. The molecular weight excluding hydrogens is 374 g/mol. The Hall–Kier alpha value is -2.93. The Morgan fingerprint density at radius 2 is 1.82 bits per heavy atom. The van der Waals surface area contributed by atoms with Gasteiger partial charge in [-0.15, -0.1) is 0 Å². The molecule has 28 heavy (non-hydrogen) atoms. The van der Waals surface area contributed by atoms with Crippen molar-refractivity contribution in [2.24, 2.45) is 0 Å². The van der Waals surface area contributed by atoms with Gasteiger partial charge in [0.2, 0.25) is 5.91 Å². The van der Waals surface area contributed by atoms with E-state index in [0.717, 1.165) is 0 Å². The smallest absolute Gasteiger partial charge is 0.262 e. The van der Waals surface area contributed by atoms with Crippen LogP contribution in [0.2, 0.25) is 0 Å². The standard InChI is InChI=1S/C21H21N3O3S/c1-4-24-20(27)17-7-5-6-8-18(17)23-21(24)28-13(2)19(26)15-9-11-16(12-10-15)22-14(3)25/h5-13H,4H2,1-3H3,(H,22,25). The first-order valence-electron chi connectivity index (χ1n) is 8.98. The number of aromatic nitrogens is 2. The van der Waals surface area contributed by atoms with Crippen LogP contribution in [0.1, 0.15) is 31.1 Å². The van der Waals surface area contributed by atoms with E-state index in [2.05, 4.69) is 10.3 Å². The molecule has 1 aromatic heterocycles. The molecule has 1 unspecified atom stereocenters. The van der Waals surface area contributed by atoms with Crippen LogP contribution in [0.3, 0.4) is 0 Å². The van der Waals surface area contributed by atoms with E-state index in [9.17, 15) is 14.4 Å². The second kappa shape index (κ2) is 8.39. The number of anilines is 1. The van der Waals surface area contributed by atoms with E-state index >= 15 is 0 Å². The number of Topliss-reactive ketones (excluding diaryl/α,β-unsaturated/α-hetero) is 1. The third-order valence-electron chi connectivity index (χ3n) is 4.28. The molecule has 1 N–H and O–H groups in total. The summed E-state index contributed by atoms with van der Waals surface area (Å²) in [4.78, 5) is 41.2. The average Bonchev–Trinajstić information content (AvgIpc) is 2.68. The number of carbonyl (C=O) groups excluding carboxylic acids is 2. The number of rotatable bonds is 6. The van der Waals surface area contributed by atoms with Crippen LogP contribution >= 0.6 is 11.8 Å². The predicted molar refractivity (Wildman–Crippen MR) is 112 cm³/mol. The van der Waals surface area contributed by atoms with E-state index in [1.54, 1.807) is 47.9 Å². The number of benzene rings is 2. The van der Waals surface area contributed by atoms with Crippen LogP contribution in [-0.2, 0) is 11.3 Å². The minimum absolute atomic E-state index is 0.0653. The predicted octanol–water partition coefficient (Wildman–Crippen LogP) is 3.74. The van der Waals surface area contributed by atoms with Crippen LogP contribution in [0.4, 0.5) is 5.69 Å². The van der Waals surface area contributed by atoms with Gasteiger partial charge in [-0.2, -0.15) is 0 Å². The molecule has 0 saturated heterocycles. The number of hydrogen-bond acceptors (Lipinski definition) is 5. The van der Waals surface area contributed by atoms with Crippen molar-refractivity contribution in [3.05, 3.63) is 64.4 Å². The van der Waals surface area contributed by atoms with Gasteiger partial charge in [0.1, 0.15) is 0 Å². The van der Waals surface area contributed by atoms with Gasteiger partial charge in [-0.3, -0.25) is 19.0 Å². The Bertz CT molecular complexity index is 1090. The van der Waals surface area contributed by atoms with Crippen molar-refractivity contribution in [1.29, 1.82) is 0 Å². The van der Waals surface area contributed by atoms with Gasteiger partial charge in [0, 0.05) is 24.7 Å². The van der Waals surface area contributed by atoms with Gasteiger partial charge in [0.25, 0.3) is 5.56 Å². The molecule has 0 aliphatic carbocycles. The number of thioether (sulfide) groups is 1. The number of amides is 1. The summed E-state index contributed by atoms with van der Waals surface area (Å²) in [6.45, 7) is 5.60. The van der Waals surface area contributed by atoms with E-state index in [-0.39, 0.29) is 17.2 Å². The van der Waals surface area contributed by atoms with Crippen molar-refractivity contribution < 1.29 is 9.59 Å². The van der Waals surface area contributed by atoms with Gasteiger partial charge in [-0.05, 0) is 50.2 Å². The number of para-hydroxylation sites is 1. The van der Waals surface area contributed by atoms with E-state index < -0.39 is 5.25 Å². The first kappa shape index (κ1) is 19.8. The zero-order valence-electron chi connectivity index (χ0n) is 15.9. The first-order valence-corrected chi connectivity index (χ1v) is 9.86. The van der Waals surface area contributed by atoms with Crippen molar-refractivity contribution in [3.8, 4) is 0 Å². The third kappa shape index (κ3) is 4.14. The minimum atomic E-state index is -0.419. The maximum Gasteiger partial charge on any atom is 0.262 e. The monoisotopic (exact) mass is 395 g/mol. The van der Waals surface area contributed by atoms with Crippen LogP contribution in [0.5, 0.6) is 0 Å². The van der Waals surface area contributed by atoms with E-state index in [1.807, 2.05) is 19.1 Å². The highest BCUT2D eigenvalue weighted by Crippen LogP contribution is 2.25. The second-order valence-corrected chi connectivity index (χ2v) is 7.65. The zero-order chi connectivity index (χ0) is 20.3. The van der Waals surface area contributed by atoms with Crippen molar-refractivity contribution in [2.75, 3.05) is 5.32 Å². The normalized spacial score (nSPS) is 12.0. The SMILES string of the molecule is CCn1c(SC(C)C(=O)c2ccc(NC(C)=O)cc2)nc2ccccc2c1=O. The fourth-order valence-electron chi connectivity index (χ4n) is 2.88. The van der Waals surface area contributed by atoms with E-state index in [0.29, 0.717) is 33.9 Å². The number of fused-ring (bicyclic) bond motifs is 1. The molecule has 3 aromatic rings.